The Labute approximate surface area is 97.0 Å². The number of aromatic nitrogens is 2. The highest BCUT2D eigenvalue weighted by Crippen LogP contribution is 2.23. The molecule has 1 aromatic carbocycles. The maximum atomic E-state index is 4.07. The molecule has 0 saturated heterocycles. The predicted molar refractivity (Wildman–Crippen MR) is 64.5 cm³/mol. The van der Waals surface area contributed by atoms with E-state index in [1.807, 2.05) is 25.4 Å². The number of nitrogens with zero attached hydrogens (tertiary/aromatic N) is 1. The van der Waals surface area contributed by atoms with Crippen molar-refractivity contribution in [3.05, 3.63) is 40.5 Å². The summed E-state index contributed by atoms with van der Waals surface area (Å²) in [6.07, 6.45) is 1.85. The van der Waals surface area contributed by atoms with Crippen molar-refractivity contribution in [3.63, 3.8) is 0 Å². The van der Waals surface area contributed by atoms with E-state index in [2.05, 4.69) is 43.6 Å². The van der Waals surface area contributed by atoms with Crippen molar-refractivity contribution in [2.75, 3.05) is 7.05 Å². The molecule has 1 aromatic heterocycles. The van der Waals surface area contributed by atoms with Crippen molar-refractivity contribution in [3.8, 4) is 11.3 Å². The Hall–Kier alpha value is -1.13. The lowest BCUT2D eigenvalue weighted by molar-refractivity contribution is 0.820. The molecule has 2 rings (SSSR count). The van der Waals surface area contributed by atoms with Crippen LogP contribution in [0.4, 0.5) is 0 Å². The first-order valence-electron chi connectivity index (χ1n) is 4.74. The van der Waals surface area contributed by atoms with Crippen LogP contribution in [0.2, 0.25) is 0 Å². The number of halogens is 1. The number of benzene rings is 1. The summed E-state index contributed by atoms with van der Waals surface area (Å²) in [5.74, 6) is 0. The number of aromatic amines is 1. The first-order chi connectivity index (χ1) is 7.31. The summed E-state index contributed by atoms with van der Waals surface area (Å²) in [5.41, 5.74) is 3.40. The lowest BCUT2D eigenvalue weighted by Crippen LogP contribution is -2.05. The molecule has 0 bridgehead atoms. The molecule has 3 nitrogen and oxygen atoms in total. The topological polar surface area (TPSA) is 40.7 Å². The van der Waals surface area contributed by atoms with E-state index in [-0.39, 0.29) is 0 Å². The van der Waals surface area contributed by atoms with E-state index < -0.39 is 0 Å². The maximum Gasteiger partial charge on any atom is 0.0695 e. The van der Waals surface area contributed by atoms with Gasteiger partial charge in [0.2, 0.25) is 0 Å². The molecule has 0 aliphatic rings. The number of hydrogen-bond donors (Lipinski definition) is 2. The van der Waals surface area contributed by atoms with Crippen LogP contribution in [0.5, 0.6) is 0 Å². The number of hydrogen-bond acceptors (Lipinski definition) is 2. The van der Waals surface area contributed by atoms with Gasteiger partial charge in [0.25, 0.3) is 0 Å². The van der Waals surface area contributed by atoms with E-state index >= 15 is 0 Å². The highest BCUT2D eigenvalue weighted by molar-refractivity contribution is 9.10. The van der Waals surface area contributed by atoms with Gasteiger partial charge in [0.1, 0.15) is 0 Å². The van der Waals surface area contributed by atoms with Crippen LogP contribution in [0.15, 0.2) is 34.9 Å². The molecule has 0 aliphatic heterocycles. The Morgan fingerprint density at radius 3 is 3.07 bits per heavy atom. The van der Waals surface area contributed by atoms with E-state index in [0.717, 1.165) is 22.3 Å². The van der Waals surface area contributed by atoms with Gasteiger partial charge in [-0.25, -0.2) is 0 Å². The monoisotopic (exact) mass is 265 g/mol. The average Bonchev–Trinajstić information content (AvgIpc) is 2.66. The first-order valence-corrected chi connectivity index (χ1v) is 5.53. The van der Waals surface area contributed by atoms with Gasteiger partial charge < -0.3 is 5.32 Å². The van der Waals surface area contributed by atoms with Gasteiger partial charge in [0.15, 0.2) is 0 Å². The van der Waals surface area contributed by atoms with Crippen LogP contribution in [-0.2, 0) is 6.54 Å². The van der Waals surface area contributed by atoms with E-state index in [9.17, 15) is 0 Å². The third-order valence-corrected chi connectivity index (χ3v) is 2.69. The van der Waals surface area contributed by atoms with Crippen LogP contribution in [0.1, 0.15) is 5.56 Å². The van der Waals surface area contributed by atoms with Crippen LogP contribution in [0, 0.1) is 0 Å². The average molecular weight is 266 g/mol. The molecule has 0 aliphatic carbocycles. The quantitative estimate of drug-likeness (QED) is 0.896. The van der Waals surface area contributed by atoms with E-state index in [1.165, 1.54) is 5.56 Å². The molecule has 0 spiro atoms. The smallest absolute Gasteiger partial charge is 0.0695 e. The van der Waals surface area contributed by atoms with Crippen LogP contribution in [-0.4, -0.2) is 17.2 Å². The molecule has 0 fully saturated rings. The van der Waals surface area contributed by atoms with Crippen molar-refractivity contribution in [1.82, 2.24) is 15.5 Å². The highest BCUT2D eigenvalue weighted by Gasteiger charge is 2.06. The second-order valence-corrected chi connectivity index (χ2v) is 4.23. The molecule has 0 saturated carbocycles. The van der Waals surface area contributed by atoms with Crippen LogP contribution in [0.3, 0.4) is 0 Å². The SMILES string of the molecule is CNCc1cn[nH]c1-c1cccc(Br)c1. The molecular formula is C11H12BrN3. The third-order valence-electron chi connectivity index (χ3n) is 2.20. The minimum atomic E-state index is 0.818. The van der Waals surface area contributed by atoms with Crippen LogP contribution in [0.25, 0.3) is 11.3 Å². The molecule has 0 radical (unpaired) electrons. The number of nitrogens with one attached hydrogen (secondary N) is 2. The minimum absolute atomic E-state index is 0.818. The van der Waals surface area contributed by atoms with Crippen molar-refractivity contribution < 1.29 is 0 Å². The summed E-state index contributed by atoms with van der Waals surface area (Å²) in [4.78, 5) is 0. The van der Waals surface area contributed by atoms with Crippen molar-refractivity contribution in [1.29, 1.82) is 0 Å². The number of rotatable bonds is 3. The van der Waals surface area contributed by atoms with Gasteiger partial charge in [-0.05, 0) is 19.2 Å². The largest absolute Gasteiger partial charge is 0.316 e. The first kappa shape index (κ1) is 10.4. The van der Waals surface area contributed by atoms with Gasteiger partial charge in [-0.15, -0.1) is 0 Å². The fourth-order valence-corrected chi connectivity index (χ4v) is 1.93. The Kier molecular flexibility index (Phi) is 3.18. The summed E-state index contributed by atoms with van der Waals surface area (Å²) in [6.45, 7) is 0.818. The van der Waals surface area contributed by atoms with Gasteiger partial charge in [-0.3, -0.25) is 5.10 Å². The zero-order valence-corrected chi connectivity index (χ0v) is 10.0. The molecule has 1 heterocycles. The lowest BCUT2D eigenvalue weighted by Gasteiger charge is -2.02. The van der Waals surface area contributed by atoms with Gasteiger partial charge in [-0.1, -0.05) is 28.1 Å². The Bertz CT molecular complexity index is 451. The lowest BCUT2D eigenvalue weighted by atomic mass is 10.1. The zero-order valence-electron chi connectivity index (χ0n) is 8.42. The standard InChI is InChI=1S/C11H12BrN3/c1-13-6-9-7-14-15-11(9)8-3-2-4-10(12)5-8/h2-5,7,13H,6H2,1H3,(H,14,15). The molecular weight excluding hydrogens is 254 g/mol. The summed E-state index contributed by atoms with van der Waals surface area (Å²) in [5, 5.41) is 10.2. The van der Waals surface area contributed by atoms with E-state index in [4.69, 9.17) is 0 Å². The molecule has 0 unspecified atom stereocenters. The summed E-state index contributed by atoms with van der Waals surface area (Å²) < 4.78 is 1.07. The summed E-state index contributed by atoms with van der Waals surface area (Å²) in [7, 11) is 1.93. The van der Waals surface area contributed by atoms with Crippen LogP contribution >= 0.6 is 15.9 Å². The maximum absolute atomic E-state index is 4.07. The van der Waals surface area contributed by atoms with Crippen LogP contribution < -0.4 is 5.32 Å². The van der Waals surface area contributed by atoms with Crippen molar-refractivity contribution in [2.24, 2.45) is 0 Å². The minimum Gasteiger partial charge on any atom is -0.316 e. The molecule has 2 N–H and O–H groups in total. The fraction of sp³-hybridized carbons (Fsp3) is 0.182. The molecule has 0 amide bonds. The van der Waals surface area contributed by atoms with E-state index in [1.54, 1.807) is 0 Å². The highest BCUT2D eigenvalue weighted by atomic mass is 79.9. The predicted octanol–water partition coefficient (Wildman–Crippen LogP) is 2.56. The molecule has 4 heteroatoms. The molecule has 78 valence electrons. The van der Waals surface area contributed by atoms with Gasteiger partial charge in [0, 0.05) is 22.1 Å². The van der Waals surface area contributed by atoms with Gasteiger partial charge >= 0.3 is 0 Å². The normalized spacial score (nSPS) is 10.5. The molecule has 2 aromatic rings. The third kappa shape index (κ3) is 2.27. The van der Waals surface area contributed by atoms with Crippen molar-refractivity contribution in [2.45, 2.75) is 6.54 Å². The second kappa shape index (κ2) is 4.59. The fourth-order valence-electron chi connectivity index (χ4n) is 1.53. The Morgan fingerprint density at radius 1 is 1.47 bits per heavy atom. The summed E-state index contributed by atoms with van der Waals surface area (Å²) in [6, 6.07) is 8.17. The van der Waals surface area contributed by atoms with E-state index in [0.29, 0.717) is 0 Å². The Morgan fingerprint density at radius 2 is 2.33 bits per heavy atom. The Balaban J connectivity index is 2.40. The number of H-pyrrole nitrogens is 1. The summed E-state index contributed by atoms with van der Waals surface area (Å²) >= 11 is 3.46. The second-order valence-electron chi connectivity index (χ2n) is 3.31. The molecule has 15 heavy (non-hydrogen) atoms. The molecule has 0 atom stereocenters. The van der Waals surface area contributed by atoms with Gasteiger partial charge in [-0.2, -0.15) is 5.10 Å². The van der Waals surface area contributed by atoms with Gasteiger partial charge in [0.05, 0.1) is 11.9 Å². The zero-order chi connectivity index (χ0) is 10.7. The van der Waals surface area contributed by atoms with Crippen molar-refractivity contribution >= 4 is 15.9 Å².